The molecule has 1 unspecified atom stereocenters. The molecule has 27 heavy (non-hydrogen) atoms. The standard InChI is InChI=1S/C19H22F2N4O2/c1-13-3-5-14(6-4-13)10-24-11-15(9-17(24)26)18(27)23(2)12-16-22-7-8-25(16)19(20)21/h3-8,15,19H,9-12H2,1-2H3. The number of carbonyl (C=O) groups excluding carboxylic acids is 2. The smallest absolute Gasteiger partial charge is 0.319 e. The highest BCUT2D eigenvalue weighted by molar-refractivity contribution is 5.89. The number of alkyl halides is 2. The van der Waals surface area contributed by atoms with Crippen molar-refractivity contribution in [3.05, 3.63) is 53.6 Å². The second-order valence-electron chi connectivity index (χ2n) is 6.88. The van der Waals surface area contributed by atoms with E-state index in [1.165, 1.54) is 17.3 Å². The van der Waals surface area contributed by atoms with Crippen LogP contribution in [-0.4, -0.2) is 44.8 Å². The van der Waals surface area contributed by atoms with E-state index in [0.717, 1.165) is 15.7 Å². The summed E-state index contributed by atoms with van der Waals surface area (Å²) in [5, 5.41) is 0. The first kappa shape index (κ1) is 19.0. The van der Waals surface area contributed by atoms with E-state index in [4.69, 9.17) is 0 Å². The van der Waals surface area contributed by atoms with Crippen LogP contribution in [0.3, 0.4) is 0 Å². The van der Waals surface area contributed by atoms with Gasteiger partial charge in [-0.25, -0.2) is 4.98 Å². The lowest BCUT2D eigenvalue weighted by Gasteiger charge is -2.21. The van der Waals surface area contributed by atoms with Gasteiger partial charge < -0.3 is 9.80 Å². The Kier molecular flexibility index (Phi) is 5.53. The van der Waals surface area contributed by atoms with E-state index in [0.29, 0.717) is 13.1 Å². The highest BCUT2D eigenvalue weighted by atomic mass is 19.3. The van der Waals surface area contributed by atoms with Gasteiger partial charge in [0.25, 0.3) is 0 Å². The average molecular weight is 376 g/mol. The fraction of sp³-hybridized carbons (Fsp3) is 0.421. The van der Waals surface area contributed by atoms with Crippen LogP contribution in [0.4, 0.5) is 8.78 Å². The van der Waals surface area contributed by atoms with Crippen molar-refractivity contribution >= 4 is 11.8 Å². The number of halogens is 2. The number of likely N-dealkylation sites (tertiary alicyclic amines) is 1. The molecule has 1 atom stereocenters. The maximum Gasteiger partial charge on any atom is 0.319 e. The molecule has 0 spiro atoms. The van der Waals surface area contributed by atoms with E-state index in [2.05, 4.69) is 4.98 Å². The molecule has 0 bridgehead atoms. The number of rotatable bonds is 6. The minimum absolute atomic E-state index is 0.0289. The van der Waals surface area contributed by atoms with E-state index < -0.39 is 12.5 Å². The third kappa shape index (κ3) is 4.32. The van der Waals surface area contributed by atoms with Gasteiger partial charge >= 0.3 is 6.55 Å². The number of hydrogen-bond donors (Lipinski definition) is 0. The molecule has 144 valence electrons. The summed E-state index contributed by atoms with van der Waals surface area (Å²) in [6, 6.07) is 7.90. The summed E-state index contributed by atoms with van der Waals surface area (Å²) in [5.41, 5.74) is 2.15. The van der Waals surface area contributed by atoms with Crippen LogP contribution in [0.1, 0.15) is 29.9 Å². The zero-order valence-corrected chi connectivity index (χ0v) is 15.3. The summed E-state index contributed by atoms with van der Waals surface area (Å²) in [5.74, 6) is -0.667. The van der Waals surface area contributed by atoms with Gasteiger partial charge in [-0.3, -0.25) is 14.2 Å². The fourth-order valence-electron chi connectivity index (χ4n) is 3.25. The number of carbonyl (C=O) groups is 2. The number of nitrogens with zero attached hydrogens (tertiary/aromatic N) is 4. The fourth-order valence-corrected chi connectivity index (χ4v) is 3.25. The Morgan fingerprint density at radius 1 is 1.33 bits per heavy atom. The SMILES string of the molecule is Cc1ccc(CN2CC(C(=O)N(C)Cc3nccn3C(F)F)CC2=O)cc1. The third-order valence-electron chi connectivity index (χ3n) is 4.77. The van der Waals surface area contributed by atoms with Crippen molar-refractivity contribution in [1.82, 2.24) is 19.4 Å². The van der Waals surface area contributed by atoms with Crippen LogP contribution in [0.5, 0.6) is 0 Å². The van der Waals surface area contributed by atoms with E-state index >= 15 is 0 Å². The number of aryl methyl sites for hydroxylation is 1. The Bertz CT molecular complexity index is 819. The van der Waals surface area contributed by atoms with Crippen molar-refractivity contribution in [2.45, 2.75) is 33.0 Å². The van der Waals surface area contributed by atoms with Crippen LogP contribution < -0.4 is 0 Å². The third-order valence-corrected chi connectivity index (χ3v) is 4.77. The molecule has 1 aromatic carbocycles. The molecule has 1 aromatic heterocycles. The molecule has 0 N–H and O–H groups in total. The molecule has 1 saturated heterocycles. The number of benzene rings is 1. The second-order valence-corrected chi connectivity index (χ2v) is 6.88. The maximum atomic E-state index is 12.9. The molecule has 1 fully saturated rings. The molecule has 3 rings (SSSR count). The van der Waals surface area contributed by atoms with Crippen molar-refractivity contribution < 1.29 is 18.4 Å². The van der Waals surface area contributed by atoms with Crippen molar-refractivity contribution in [2.75, 3.05) is 13.6 Å². The highest BCUT2D eigenvalue weighted by Gasteiger charge is 2.36. The van der Waals surface area contributed by atoms with E-state index in [9.17, 15) is 18.4 Å². The van der Waals surface area contributed by atoms with Gasteiger partial charge in [-0.2, -0.15) is 8.78 Å². The van der Waals surface area contributed by atoms with Gasteiger partial charge in [-0.1, -0.05) is 29.8 Å². The van der Waals surface area contributed by atoms with Crippen LogP contribution >= 0.6 is 0 Å². The molecule has 6 nitrogen and oxygen atoms in total. The first-order valence-corrected chi connectivity index (χ1v) is 8.73. The predicted octanol–water partition coefficient (Wildman–Crippen LogP) is 2.59. The van der Waals surface area contributed by atoms with Gasteiger partial charge in [0.05, 0.1) is 12.5 Å². The minimum atomic E-state index is -2.70. The average Bonchev–Trinajstić information content (AvgIpc) is 3.23. The summed E-state index contributed by atoms with van der Waals surface area (Å²) < 4.78 is 26.6. The van der Waals surface area contributed by atoms with Gasteiger partial charge in [-0.15, -0.1) is 0 Å². The maximum absolute atomic E-state index is 12.9. The van der Waals surface area contributed by atoms with Crippen LogP contribution in [-0.2, 0) is 22.7 Å². The summed E-state index contributed by atoms with van der Waals surface area (Å²) in [6.45, 7) is 0.0544. The monoisotopic (exact) mass is 376 g/mol. The van der Waals surface area contributed by atoms with E-state index in [-0.39, 0.29) is 30.6 Å². The predicted molar refractivity (Wildman–Crippen MR) is 94.7 cm³/mol. The Morgan fingerprint density at radius 3 is 2.70 bits per heavy atom. The van der Waals surface area contributed by atoms with Gasteiger partial charge in [0, 0.05) is 39.0 Å². The van der Waals surface area contributed by atoms with Gasteiger partial charge in [0.2, 0.25) is 11.8 Å². The lowest BCUT2D eigenvalue weighted by Crippen LogP contribution is -2.35. The molecule has 1 aliphatic heterocycles. The van der Waals surface area contributed by atoms with Crippen molar-refractivity contribution in [3.8, 4) is 0 Å². The lowest BCUT2D eigenvalue weighted by molar-refractivity contribution is -0.135. The summed E-state index contributed by atoms with van der Waals surface area (Å²) in [6.07, 6.45) is 2.60. The summed E-state index contributed by atoms with van der Waals surface area (Å²) >= 11 is 0. The summed E-state index contributed by atoms with van der Waals surface area (Å²) in [7, 11) is 1.54. The lowest BCUT2D eigenvalue weighted by atomic mass is 10.1. The number of imidazole rings is 1. The number of aromatic nitrogens is 2. The van der Waals surface area contributed by atoms with Crippen LogP contribution in [0.15, 0.2) is 36.7 Å². The normalized spacial score (nSPS) is 17.0. The molecular weight excluding hydrogens is 354 g/mol. The van der Waals surface area contributed by atoms with Crippen LogP contribution in [0.2, 0.25) is 0 Å². The first-order valence-electron chi connectivity index (χ1n) is 8.73. The molecule has 0 saturated carbocycles. The van der Waals surface area contributed by atoms with Crippen molar-refractivity contribution in [3.63, 3.8) is 0 Å². The van der Waals surface area contributed by atoms with Crippen LogP contribution in [0, 0.1) is 12.8 Å². The molecule has 8 heteroatoms. The second kappa shape index (κ2) is 7.85. The van der Waals surface area contributed by atoms with E-state index in [1.54, 1.807) is 11.9 Å². The number of hydrogen-bond acceptors (Lipinski definition) is 3. The molecule has 0 aliphatic carbocycles. The van der Waals surface area contributed by atoms with Gasteiger partial charge in [0.1, 0.15) is 5.82 Å². The zero-order chi connectivity index (χ0) is 19.6. The van der Waals surface area contributed by atoms with E-state index in [1.807, 2.05) is 31.2 Å². The summed E-state index contributed by atoms with van der Waals surface area (Å²) in [4.78, 5) is 31.9. The highest BCUT2D eigenvalue weighted by Crippen LogP contribution is 2.23. The van der Waals surface area contributed by atoms with Crippen molar-refractivity contribution in [2.24, 2.45) is 5.92 Å². The van der Waals surface area contributed by atoms with Gasteiger partial charge in [-0.05, 0) is 12.5 Å². The number of amides is 2. The molecule has 0 radical (unpaired) electrons. The molecule has 1 aliphatic rings. The molecule has 2 heterocycles. The van der Waals surface area contributed by atoms with Crippen molar-refractivity contribution in [1.29, 1.82) is 0 Å². The Morgan fingerprint density at radius 2 is 2.04 bits per heavy atom. The van der Waals surface area contributed by atoms with Crippen LogP contribution in [0.25, 0.3) is 0 Å². The Hall–Kier alpha value is -2.77. The first-order chi connectivity index (χ1) is 12.8. The minimum Gasteiger partial charge on any atom is -0.338 e. The zero-order valence-electron chi connectivity index (χ0n) is 15.3. The topological polar surface area (TPSA) is 58.4 Å². The molecule has 2 aromatic rings. The quantitative estimate of drug-likeness (QED) is 0.779. The molecular formula is C19H22F2N4O2. The van der Waals surface area contributed by atoms with Gasteiger partial charge in [0.15, 0.2) is 0 Å². The molecule has 2 amide bonds. The Labute approximate surface area is 156 Å². The Balaban J connectivity index is 1.61. The largest absolute Gasteiger partial charge is 0.338 e.